The molecule has 3 aromatic carbocycles. The van der Waals surface area contributed by atoms with Gasteiger partial charge in [0.25, 0.3) is 0 Å². The highest BCUT2D eigenvalue weighted by Crippen LogP contribution is 2.30. The van der Waals surface area contributed by atoms with E-state index in [-0.39, 0.29) is 5.82 Å². The molecule has 1 heteroatoms. The molecule has 0 saturated heterocycles. The molecule has 0 aliphatic heterocycles. The lowest BCUT2D eigenvalue weighted by Crippen LogP contribution is -1.89. The van der Waals surface area contributed by atoms with Crippen molar-refractivity contribution >= 4 is 6.08 Å². The van der Waals surface area contributed by atoms with Gasteiger partial charge in [-0.1, -0.05) is 86.7 Å². The highest BCUT2D eigenvalue weighted by molar-refractivity contribution is 5.77. The lowest BCUT2D eigenvalue weighted by molar-refractivity contribution is 0.632. The van der Waals surface area contributed by atoms with Crippen LogP contribution in [0.2, 0.25) is 0 Å². The van der Waals surface area contributed by atoms with Gasteiger partial charge in [0.15, 0.2) is 0 Å². The molecule has 0 fully saturated rings. The van der Waals surface area contributed by atoms with Crippen LogP contribution in [0.25, 0.3) is 28.3 Å². The molecular weight excluding hydrogens is 295 g/mol. The first-order valence-electron chi connectivity index (χ1n) is 8.33. The molecule has 0 radical (unpaired) electrons. The van der Waals surface area contributed by atoms with Crippen LogP contribution in [0.5, 0.6) is 0 Å². The summed E-state index contributed by atoms with van der Waals surface area (Å²) >= 11 is 0. The van der Waals surface area contributed by atoms with Crippen molar-refractivity contribution in [1.29, 1.82) is 0 Å². The zero-order chi connectivity index (χ0) is 16.9. The molecular formula is C23H21F. The fraction of sp³-hybridized carbons (Fsp3) is 0.130. The smallest absolute Gasteiger partial charge is 0.131 e. The average Bonchev–Trinajstić information content (AvgIpc) is 2.62. The van der Waals surface area contributed by atoms with Crippen LogP contribution in [0.15, 0.2) is 73.3 Å². The third-order valence-electron chi connectivity index (χ3n) is 4.27. The average molecular weight is 316 g/mol. The quantitative estimate of drug-likeness (QED) is 0.488. The molecule has 0 bridgehead atoms. The molecule has 120 valence electrons. The second-order valence-electron chi connectivity index (χ2n) is 5.93. The van der Waals surface area contributed by atoms with Gasteiger partial charge >= 0.3 is 0 Å². The Hall–Kier alpha value is -2.67. The van der Waals surface area contributed by atoms with E-state index in [4.69, 9.17) is 0 Å². The van der Waals surface area contributed by atoms with Gasteiger partial charge in [0, 0.05) is 5.56 Å². The van der Waals surface area contributed by atoms with Gasteiger partial charge in [0.2, 0.25) is 0 Å². The number of benzene rings is 3. The maximum Gasteiger partial charge on any atom is 0.131 e. The van der Waals surface area contributed by atoms with Crippen LogP contribution >= 0.6 is 0 Å². The van der Waals surface area contributed by atoms with Crippen LogP contribution < -0.4 is 0 Å². The minimum atomic E-state index is -0.209. The van der Waals surface area contributed by atoms with Gasteiger partial charge in [-0.3, -0.25) is 0 Å². The van der Waals surface area contributed by atoms with Gasteiger partial charge in [-0.05, 0) is 40.3 Å². The van der Waals surface area contributed by atoms with Gasteiger partial charge in [0.05, 0.1) is 0 Å². The van der Waals surface area contributed by atoms with Crippen LogP contribution in [0.3, 0.4) is 0 Å². The summed E-state index contributed by atoms with van der Waals surface area (Å²) in [6.45, 7) is 5.98. The zero-order valence-electron chi connectivity index (χ0n) is 13.9. The van der Waals surface area contributed by atoms with E-state index in [1.165, 1.54) is 5.56 Å². The molecule has 0 saturated carbocycles. The standard InChI is InChI=1S/C23H21F/c1-3-7-17-10-12-19(13-11-17)20-14-15-22(23(24)16-20)21-9-6-5-8-18(21)4-2/h4-6,8-16H,2-3,7H2,1H3. The summed E-state index contributed by atoms with van der Waals surface area (Å²) in [5, 5.41) is 0. The number of aryl methyl sites for hydroxylation is 1. The van der Waals surface area contributed by atoms with E-state index in [0.717, 1.165) is 35.1 Å². The maximum absolute atomic E-state index is 14.7. The van der Waals surface area contributed by atoms with Crippen molar-refractivity contribution in [3.63, 3.8) is 0 Å². The van der Waals surface area contributed by atoms with Gasteiger partial charge < -0.3 is 0 Å². The number of hydrogen-bond acceptors (Lipinski definition) is 0. The van der Waals surface area contributed by atoms with E-state index in [1.54, 1.807) is 12.1 Å². The SMILES string of the molecule is C=Cc1ccccc1-c1ccc(-c2ccc(CCC)cc2)cc1F. The summed E-state index contributed by atoms with van der Waals surface area (Å²) in [6.07, 6.45) is 3.96. The first kappa shape index (κ1) is 16.2. The molecule has 24 heavy (non-hydrogen) atoms. The van der Waals surface area contributed by atoms with Crippen molar-refractivity contribution in [1.82, 2.24) is 0 Å². The largest absolute Gasteiger partial charge is 0.206 e. The van der Waals surface area contributed by atoms with Crippen molar-refractivity contribution in [3.05, 3.63) is 90.3 Å². The number of halogens is 1. The second-order valence-corrected chi connectivity index (χ2v) is 5.93. The normalized spacial score (nSPS) is 10.6. The second kappa shape index (κ2) is 7.27. The van der Waals surface area contributed by atoms with Crippen LogP contribution in [-0.4, -0.2) is 0 Å². The Morgan fingerprint density at radius 3 is 2.25 bits per heavy atom. The van der Waals surface area contributed by atoms with Crippen molar-refractivity contribution in [2.75, 3.05) is 0 Å². The van der Waals surface area contributed by atoms with E-state index in [1.807, 2.05) is 36.4 Å². The number of rotatable bonds is 5. The Morgan fingerprint density at radius 1 is 0.875 bits per heavy atom. The van der Waals surface area contributed by atoms with Gasteiger partial charge in [-0.15, -0.1) is 0 Å². The van der Waals surface area contributed by atoms with E-state index in [0.29, 0.717) is 5.56 Å². The lowest BCUT2D eigenvalue weighted by atomic mass is 9.96. The van der Waals surface area contributed by atoms with Crippen molar-refractivity contribution in [3.8, 4) is 22.3 Å². The summed E-state index contributed by atoms with van der Waals surface area (Å²) in [6, 6.07) is 21.6. The Kier molecular flexibility index (Phi) is 4.90. The summed E-state index contributed by atoms with van der Waals surface area (Å²) in [5.41, 5.74) is 5.67. The minimum absolute atomic E-state index is 0.209. The predicted molar refractivity (Wildman–Crippen MR) is 101 cm³/mol. The lowest BCUT2D eigenvalue weighted by Gasteiger charge is -2.10. The van der Waals surface area contributed by atoms with Crippen LogP contribution in [0.4, 0.5) is 4.39 Å². The summed E-state index contributed by atoms with van der Waals surface area (Å²) in [4.78, 5) is 0. The molecule has 0 amide bonds. The monoisotopic (exact) mass is 316 g/mol. The van der Waals surface area contributed by atoms with E-state index >= 15 is 0 Å². The molecule has 0 aliphatic rings. The summed E-state index contributed by atoms with van der Waals surface area (Å²) < 4.78 is 14.7. The van der Waals surface area contributed by atoms with Crippen LogP contribution in [-0.2, 0) is 6.42 Å². The molecule has 0 atom stereocenters. The molecule has 0 spiro atoms. The van der Waals surface area contributed by atoms with Gasteiger partial charge in [0.1, 0.15) is 5.82 Å². The third-order valence-corrected chi connectivity index (χ3v) is 4.27. The highest BCUT2D eigenvalue weighted by Gasteiger charge is 2.09. The Morgan fingerprint density at radius 2 is 1.58 bits per heavy atom. The van der Waals surface area contributed by atoms with Crippen LogP contribution in [0.1, 0.15) is 24.5 Å². The third kappa shape index (κ3) is 3.30. The highest BCUT2D eigenvalue weighted by atomic mass is 19.1. The molecule has 0 aromatic heterocycles. The first-order valence-corrected chi connectivity index (χ1v) is 8.33. The maximum atomic E-state index is 14.7. The van der Waals surface area contributed by atoms with Crippen molar-refractivity contribution in [2.45, 2.75) is 19.8 Å². The summed E-state index contributed by atoms with van der Waals surface area (Å²) in [5.74, 6) is -0.209. The predicted octanol–water partition coefficient (Wildman–Crippen LogP) is 6.76. The summed E-state index contributed by atoms with van der Waals surface area (Å²) in [7, 11) is 0. The Balaban J connectivity index is 1.96. The molecule has 0 heterocycles. The van der Waals surface area contributed by atoms with Gasteiger partial charge in [-0.2, -0.15) is 0 Å². The van der Waals surface area contributed by atoms with E-state index in [9.17, 15) is 4.39 Å². The molecule has 0 N–H and O–H groups in total. The van der Waals surface area contributed by atoms with Gasteiger partial charge in [-0.25, -0.2) is 4.39 Å². The fourth-order valence-corrected chi connectivity index (χ4v) is 2.99. The van der Waals surface area contributed by atoms with E-state index < -0.39 is 0 Å². The minimum Gasteiger partial charge on any atom is -0.206 e. The topological polar surface area (TPSA) is 0 Å². The van der Waals surface area contributed by atoms with Crippen LogP contribution in [0, 0.1) is 5.82 Å². The molecule has 0 unspecified atom stereocenters. The Labute approximate surface area is 143 Å². The molecule has 3 rings (SSSR count). The Bertz CT molecular complexity index is 844. The van der Waals surface area contributed by atoms with Crippen molar-refractivity contribution < 1.29 is 4.39 Å². The van der Waals surface area contributed by atoms with E-state index in [2.05, 4.69) is 37.8 Å². The molecule has 3 aromatic rings. The number of hydrogen-bond donors (Lipinski definition) is 0. The first-order chi connectivity index (χ1) is 11.7. The molecule has 0 nitrogen and oxygen atoms in total. The zero-order valence-corrected chi connectivity index (χ0v) is 13.9. The van der Waals surface area contributed by atoms with Crippen molar-refractivity contribution in [2.24, 2.45) is 0 Å². The molecule has 0 aliphatic carbocycles. The fourth-order valence-electron chi connectivity index (χ4n) is 2.99.